The third-order valence-electron chi connectivity index (χ3n) is 2.45. The van der Waals surface area contributed by atoms with Crippen molar-refractivity contribution in [2.45, 2.75) is 52.2 Å². The number of nitrogens with one attached hydrogen (secondary N) is 1. The number of rotatable bonds is 10. The SMILES string of the molecule is CCCCOCCOC(C)CC(C)NC. The fraction of sp³-hybridized carbons (Fsp3) is 1.00. The molecule has 92 valence electrons. The van der Waals surface area contributed by atoms with Crippen molar-refractivity contribution in [2.24, 2.45) is 0 Å². The highest BCUT2D eigenvalue weighted by Crippen LogP contribution is 2.01. The number of hydrogen-bond donors (Lipinski definition) is 1. The van der Waals surface area contributed by atoms with Crippen LogP contribution in [0.25, 0.3) is 0 Å². The molecule has 0 aromatic rings. The van der Waals surface area contributed by atoms with Crippen LogP contribution < -0.4 is 5.32 Å². The molecule has 15 heavy (non-hydrogen) atoms. The van der Waals surface area contributed by atoms with E-state index in [-0.39, 0.29) is 0 Å². The van der Waals surface area contributed by atoms with Crippen LogP contribution in [0.2, 0.25) is 0 Å². The maximum Gasteiger partial charge on any atom is 0.0704 e. The summed E-state index contributed by atoms with van der Waals surface area (Å²) in [5.74, 6) is 0. The maximum absolute atomic E-state index is 5.63. The topological polar surface area (TPSA) is 30.5 Å². The van der Waals surface area contributed by atoms with Crippen molar-refractivity contribution in [2.75, 3.05) is 26.9 Å². The van der Waals surface area contributed by atoms with E-state index >= 15 is 0 Å². The molecule has 0 aromatic carbocycles. The summed E-state index contributed by atoms with van der Waals surface area (Å²) in [6.45, 7) is 8.74. The lowest BCUT2D eigenvalue weighted by molar-refractivity contribution is 0.00585. The summed E-state index contributed by atoms with van der Waals surface area (Å²) in [5.41, 5.74) is 0. The van der Waals surface area contributed by atoms with Gasteiger partial charge in [0.25, 0.3) is 0 Å². The second-order valence-corrected chi connectivity index (χ2v) is 4.07. The quantitative estimate of drug-likeness (QED) is 0.569. The van der Waals surface area contributed by atoms with Gasteiger partial charge in [0.15, 0.2) is 0 Å². The average molecular weight is 217 g/mol. The van der Waals surface area contributed by atoms with Crippen molar-refractivity contribution in [1.82, 2.24) is 5.32 Å². The predicted octanol–water partition coefficient (Wildman–Crippen LogP) is 2.21. The van der Waals surface area contributed by atoms with E-state index in [0.717, 1.165) is 26.1 Å². The summed E-state index contributed by atoms with van der Waals surface area (Å²) >= 11 is 0. The zero-order chi connectivity index (χ0) is 11.5. The van der Waals surface area contributed by atoms with Gasteiger partial charge in [-0.1, -0.05) is 13.3 Å². The third-order valence-corrected chi connectivity index (χ3v) is 2.45. The molecule has 2 atom stereocenters. The Balaban J connectivity index is 3.20. The summed E-state index contributed by atoms with van der Waals surface area (Å²) in [4.78, 5) is 0. The minimum atomic E-state index is 0.308. The molecule has 0 fully saturated rings. The Morgan fingerprint density at radius 1 is 1.13 bits per heavy atom. The minimum Gasteiger partial charge on any atom is -0.379 e. The van der Waals surface area contributed by atoms with Crippen LogP contribution in [0.15, 0.2) is 0 Å². The van der Waals surface area contributed by atoms with Crippen molar-refractivity contribution in [3.63, 3.8) is 0 Å². The fourth-order valence-electron chi connectivity index (χ4n) is 1.34. The molecule has 0 aliphatic heterocycles. The van der Waals surface area contributed by atoms with Crippen molar-refractivity contribution >= 4 is 0 Å². The molecule has 0 aliphatic rings. The fourth-order valence-corrected chi connectivity index (χ4v) is 1.34. The van der Waals surface area contributed by atoms with Crippen LogP contribution in [0.1, 0.15) is 40.0 Å². The second-order valence-electron chi connectivity index (χ2n) is 4.07. The highest BCUT2D eigenvalue weighted by Gasteiger charge is 2.06. The van der Waals surface area contributed by atoms with E-state index in [1.807, 2.05) is 7.05 Å². The van der Waals surface area contributed by atoms with E-state index in [2.05, 4.69) is 26.1 Å². The Hall–Kier alpha value is -0.120. The van der Waals surface area contributed by atoms with Gasteiger partial charge in [0.05, 0.1) is 19.3 Å². The van der Waals surface area contributed by atoms with Gasteiger partial charge >= 0.3 is 0 Å². The van der Waals surface area contributed by atoms with Gasteiger partial charge in [0.2, 0.25) is 0 Å². The van der Waals surface area contributed by atoms with Gasteiger partial charge in [-0.05, 0) is 33.7 Å². The highest BCUT2D eigenvalue weighted by atomic mass is 16.5. The normalized spacial score (nSPS) is 15.2. The first kappa shape index (κ1) is 14.9. The van der Waals surface area contributed by atoms with E-state index in [1.165, 1.54) is 6.42 Å². The van der Waals surface area contributed by atoms with E-state index in [1.54, 1.807) is 0 Å². The summed E-state index contributed by atoms with van der Waals surface area (Å²) in [6, 6.07) is 0.515. The van der Waals surface area contributed by atoms with Gasteiger partial charge < -0.3 is 14.8 Å². The molecule has 3 nitrogen and oxygen atoms in total. The van der Waals surface area contributed by atoms with Gasteiger partial charge in [-0.25, -0.2) is 0 Å². The van der Waals surface area contributed by atoms with Gasteiger partial charge in [0, 0.05) is 12.6 Å². The van der Waals surface area contributed by atoms with Crippen LogP contribution in [0.4, 0.5) is 0 Å². The van der Waals surface area contributed by atoms with Crippen molar-refractivity contribution in [3.05, 3.63) is 0 Å². The minimum absolute atomic E-state index is 0.308. The van der Waals surface area contributed by atoms with Crippen LogP contribution in [-0.2, 0) is 9.47 Å². The van der Waals surface area contributed by atoms with Crippen molar-refractivity contribution in [1.29, 1.82) is 0 Å². The lowest BCUT2D eigenvalue weighted by atomic mass is 10.1. The number of unbranched alkanes of at least 4 members (excludes halogenated alkanes) is 1. The van der Waals surface area contributed by atoms with Crippen LogP contribution in [0.5, 0.6) is 0 Å². The average Bonchev–Trinajstić information content (AvgIpc) is 2.23. The van der Waals surface area contributed by atoms with Crippen LogP contribution in [-0.4, -0.2) is 39.0 Å². The van der Waals surface area contributed by atoms with E-state index in [4.69, 9.17) is 9.47 Å². The smallest absolute Gasteiger partial charge is 0.0704 e. The molecule has 3 heteroatoms. The zero-order valence-corrected chi connectivity index (χ0v) is 10.7. The molecule has 0 heterocycles. The van der Waals surface area contributed by atoms with Gasteiger partial charge in [0.1, 0.15) is 0 Å². The van der Waals surface area contributed by atoms with Crippen LogP contribution in [0.3, 0.4) is 0 Å². The first-order valence-electron chi connectivity index (χ1n) is 6.07. The first-order chi connectivity index (χ1) is 7.20. The van der Waals surface area contributed by atoms with Crippen LogP contribution >= 0.6 is 0 Å². The van der Waals surface area contributed by atoms with Crippen molar-refractivity contribution in [3.8, 4) is 0 Å². The van der Waals surface area contributed by atoms with E-state index in [0.29, 0.717) is 18.8 Å². The number of hydrogen-bond acceptors (Lipinski definition) is 3. The second kappa shape index (κ2) is 10.4. The lowest BCUT2D eigenvalue weighted by Gasteiger charge is -2.17. The summed E-state index contributed by atoms with van der Waals surface area (Å²) in [6.07, 6.45) is 3.69. The van der Waals surface area contributed by atoms with Gasteiger partial charge in [-0.2, -0.15) is 0 Å². The molecule has 0 radical (unpaired) electrons. The molecule has 0 spiro atoms. The molecule has 0 saturated carbocycles. The Labute approximate surface area is 94.5 Å². The van der Waals surface area contributed by atoms with E-state index in [9.17, 15) is 0 Å². The molecular weight excluding hydrogens is 190 g/mol. The summed E-state index contributed by atoms with van der Waals surface area (Å²) in [5, 5.41) is 3.20. The Morgan fingerprint density at radius 3 is 2.47 bits per heavy atom. The molecule has 1 N–H and O–H groups in total. The van der Waals surface area contributed by atoms with Gasteiger partial charge in [-0.15, -0.1) is 0 Å². The molecule has 0 amide bonds. The summed E-state index contributed by atoms with van der Waals surface area (Å²) in [7, 11) is 1.98. The van der Waals surface area contributed by atoms with Crippen molar-refractivity contribution < 1.29 is 9.47 Å². The lowest BCUT2D eigenvalue weighted by Crippen LogP contribution is -2.27. The molecular formula is C12H27NO2. The van der Waals surface area contributed by atoms with Gasteiger partial charge in [-0.3, -0.25) is 0 Å². The highest BCUT2D eigenvalue weighted by molar-refractivity contribution is 4.62. The van der Waals surface area contributed by atoms with E-state index < -0.39 is 0 Å². The molecule has 0 aliphatic carbocycles. The number of ether oxygens (including phenoxy) is 2. The Bertz CT molecular complexity index is 131. The maximum atomic E-state index is 5.63. The molecule has 0 rings (SSSR count). The third kappa shape index (κ3) is 10.2. The molecule has 0 aromatic heterocycles. The largest absolute Gasteiger partial charge is 0.379 e. The summed E-state index contributed by atoms with van der Waals surface area (Å²) < 4.78 is 11.0. The zero-order valence-electron chi connectivity index (χ0n) is 10.7. The molecule has 2 unspecified atom stereocenters. The van der Waals surface area contributed by atoms with Crippen LogP contribution in [0, 0.1) is 0 Å². The standard InChI is InChI=1S/C12H27NO2/c1-5-6-7-14-8-9-15-12(3)10-11(2)13-4/h11-13H,5-10H2,1-4H3. The first-order valence-corrected chi connectivity index (χ1v) is 6.07. The Kier molecular flexibility index (Phi) is 10.3. The monoisotopic (exact) mass is 217 g/mol. The Morgan fingerprint density at radius 2 is 1.87 bits per heavy atom. The molecule has 0 saturated heterocycles. The predicted molar refractivity (Wildman–Crippen MR) is 64.3 cm³/mol. The molecule has 0 bridgehead atoms.